The van der Waals surface area contributed by atoms with Crippen molar-refractivity contribution in [1.29, 1.82) is 0 Å². The molecule has 1 atom stereocenters. The average molecular weight is 347 g/mol. The summed E-state index contributed by atoms with van der Waals surface area (Å²) in [4.78, 5) is 24.5. The van der Waals surface area contributed by atoms with E-state index in [0.29, 0.717) is 15.7 Å². The highest BCUT2D eigenvalue weighted by Gasteiger charge is 2.18. The highest BCUT2D eigenvalue weighted by atomic mass is 35.5. The van der Waals surface area contributed by atoms with Crippen LogP contribution in [0.3, 0.4) is 0 Å². The molecular formula is C15H22Cl2N3O2+. The zero-order valence-electron chi connectivity index (χ0n) is 13.2. The summed E-state index contributed by atoms with van der Waals surface area (Å²) >= 11 is 11.7. The van der Waals surface area contributed by atoms with Crippen LogP contribution in [0.4, 0.5) is 5.69 Å². The molecule has 0 saturated heterocycles. The number of quaternary nitrogens is 1. The number of carbonyl (C=O) groups is 2. The Balaban J connectivity index is 2.47. The Kier molecular flexibility index (Phi) is 6.66. The van der Waals surface area contributed by atoms with E-state index in [2.05, 4.69) is 10.6 Å². The monoisotopic (exact) mass is 346 g/mol. The lowest BCUT2D eigenvalue weighted by Crippen LogP contribution is -3.11. The molecule has 0 aliphatic rings. The van der Waals surface area contributed by atoms with Crippen LogP contribution in [0.25, 0.3) is 0 Å². The van der Waals surface area contributed by atoms with Crippen LogP contribution < -0.4 is 15.5 Å². The molecule has 1 rings (SSSR count). The van der Waals surface area contributed by atoms with Gasteiger partial charge in [-0.1, -0.05) is 23.2 Å². The van der Waals surface area contributed by atoms with Crippen LogP contribution >= 0.6 is 23.2 Å². The lowest BCUT2D eigenvalue weighted by molar-refractivity contribution is -0.862. The second-order valence-electron chi connectivity index (χ2n) is 6.29. The summed E-state index contributed by atoms with van der Waals surface area (Å²) in [7, 11) is 1.79. The van der Waals surface area contributed by atoms with Gasteiger partial charge in [0.05, 0.1) is 17.1 Å². The number of halogens is 2. The standard InChI is InChI=1S/C15H21Cl2N3O2/c1-15(2,3)19-14(22)9-20(4)8-13(21)18-10-5-6-11(16)12(17)7-10/h5-7H,8-9H2,1-4H3,(H,18,21)(H,19,22)/p+1. The van der Waals surface area contributed by atoms with Crippen LogP contribution in [0.2, 0.25) is 10.0 Å². The normalized spacial score (nSPS) is 12.6. The largest absolute Gasteiger partial charge is 0.347 e. The van der Waals surface area contributed by atoms with E-state index >= 15 is 0 Å². The van der Waals surface area contributed by atoms with Gasteiger partial charge >= 0.3 is 0 Å². The zero-order valence-corrected chi connectivity index (χ0v) is 14.7. The van der Waals surface area contributed by atoms with Crippen molar-refractivity contribution < 1.29 is 14.5 Å². The van der Waals surface area contributed by atoms with Crippen molar-refractivity contribution >= 4 is 40.7 Å². The van der Waals surface area contributed by atoms with Crippen LogP contribution in [-0.4, -0.2) is 37.5 Å². The molecule has 5 nitrogen and oxygen atoms in total. The maximum absolute atomic E-state index is 11.9. The number of carbonyl (C=O) groups excluding carboxylic acids is 2. The molecule has 0 heterocycles. The third-order valence-corrected chi connectivity index (χ3v) is 3.38. The fourth-order valence-electron chi connectivity index (χ4n) is 1.85. The Morgan fingerprint density at radius 2 is 1.68 bits per heavy atom. The SMILES string of the molecule is C[NH+](CC(=O)Nc1ccc(Cl)c(Cl)c1)CC(=O)NC(C)(C)C. The maximum atomic E-state index is 11.9. The minimum absolute atomic E-state index is 0.0904. The van der Waals surface area contributed by atoms with Gasteiger partial charge in [-0.25, -0.2) is 0 Å². The summed E-state index contributed by atoms with van der Waals surface area (Å²) < 4.78 is 0. The quantitative estimate of drug-likeness (QED) is 0.753. The van der Waals surface area contributed by atoms with Gasteiger partial charge in [0.15, 0.2) is 13.1 Å². The van der Waals surface area contributed by atoms with Gasteiger partial charge in [0, 0.05) is 11.2 Å². The van der Waals surface area contributed by atoms with Crippen molar-refractivity contribution in [3.05, 3.63) is 28.2 Å². The number of hydrogen-bond acceptors (Lipinski definition) is 2. The van der Waals surface area contributed by atoms with E-state index in [0.717, 1.165) is 4.90 Å². The number of benzene rings is 1. The van der Waals surface area contributed by atoms with Gasteiger partial charge in [-0.05, 0) is 39.0 Å². The Bertz CT molecular complexity index is 556. The molecule has 0 radical (unpaired) electrons. The zero-order chi connectivity index (χ0) is 16.9. The van der Waals surface area contributed by atoms with Gasteiger partial charge in [0.2, 0.25) is 0 Å². The molecule has 0 aliphatic heterocycles. The first-order valence-corrected chi connectivity index (χ1v) is 7.69. The molecular weight excluding hydrogens is 325 g/mol. The predicted molar refractivity (Wildman–Crippen MR) is 89.6 cm³/mol. The van der Waals surface area contributed by atoms with Gasteiger partial charge < -0.3 is 15.5 Å². The fraction of sp³-hybridized carbons (Fsp3) is 0.467. The van der Waals surface area contributed by atoms with E-state index in [9.17, 15) is 9.59 Å². The summed E-state index contributed by atoms with van der Waals surface area (Å²) in [5.41, 5.74) is 0.297. The highest BCUT2D eigenvalue weighted by Crippen LogP contribution is 2.24. The second kappa shape index (κ2) is 7.81. The van der Waals surface area contributed by atoms with E-state index in [1.165, 1.54) is 0 Å². The van der Waals surface area contributed by atoms with Crippen molar-refractivity contribution in [3.63, 3.8) is 0 Å². The number of amides is 2. The van der Waals surface area contributed by atoms with Crippen LogP contribution in [0.5, 0.6) is 0 Å². The van der Waals surface area contributed by atoms with Gasteiger partial charge in [-0.15, -0.1) is 0 Å². The molecule has 0 aliphatic carbocycles. The fourth-order valence-corrected chi connectivity index (χ4v) is 2.15. The van der Waals surface area contributed by atoms with Crippen LogP contribution in [0, 0.1) is 0 Å². The first-order valence-electron chi connectivity index (χ1n) is 6.94. The number of anilines is 1. The van der Waals surface area contributed by atoms with Crippen molar-refractivity contribution in [2.75, 3.05) is 25.5 Å². The van der Waals surface area contributed by atoms with Crippen LogP contribution in [-0.2, 0) is 9.59 Å². The Morgan fingerprint density at radius 1 is 1.09 bits per heavy atom. The second-order valence-corrected chi connectivity index (χ2v) is 7.10. The van der Waals surface area contributed by atoms with Crippen molar-refractivity contribution in [3.8, 4) is 0 Å². The molecule has 1 aromatic carbocycles. The molecule has 122 valence electrons. The van der Waals surface area contributed by atoms with Gasteiger partial charge in [0.1, 0.15) is 0 Å². The van der Waals surface area contributed by atoms with E-state index in [1.807, 2.05) is 20.8 Å². The average Bonchev–Trinajstić information content (AvgIpc) is 2.30. The first-order chi connectivity index (χ1) is 10.1. The molecule has 0 spiro atoms. The number of nitrogens with one attached hydrogen (secondary N) is 3. The smallest absolute Gasteiger partial charge is 0.279 e. The summed E-state index contributed by atoms with van der Waals surface area (Å²) in [6.07, 6.45) is 0. The first kappa shape index (κ1) is 18.7. The lowest BCUT2D eigenvalue weighted by Gasteiger charge is -2.21. The highest BCUT2D eigenvalue weighted by molar-refractivity contribution is 6.42. The molecule has 0 fully saturated rings. The van der Waals surface area contributed by atoms with E-state index in [1.54, 1.807) is 25.2 Å². The lowest BCUT2D eigenvalue weighted by atomic mass is 10.1. The number of likely N-dealkylation sites (N-methyl/N-ethyl adjacent to an activating group) is 1. The molecule has 1 unspecified atom stereocenters. The van der Waals surface area contributed by atoms with Gasteiger partial charge in [0.25, 0.3) is 11.8 Å². The van der Waals surface area contributed by atoms with Gasteiger partial charge in [-0.2, -0.15) is 0 Å². The molecule has 0 saturated carbocycles. The maximum Gasteiger partial charge on any atom is 0.279 e. The predicted octanol–water partition coefficient (Wildman–Crippen LogP) is 1.36. The molecule has 3 N–H and O–H groups in total. The molecule has 7 heteroatoms. The molecule has 22 heavy (non-hydrogen) atoms. The molecule has 1 aromatic rings. The van der Waals surface area contributed by atoms with Crippen molar-refractivity contribution in [2.24, 2.45) is 0 Å². The number of rotatable bonds is 5. The van der Waals surface area contributed by atoms with Crippen LogP contribution in [0.15, 0.2) is 18.2 Å². The summed E-state index contributed by atoms with van der Waals surface area (Å²) in [6.45, 7) is 6.15. The summed E-state index contributed by atoms with van der Waals surface area (Å²) in [6, 6.07) is 4.88. The topological polar surface area (TPSA) is 62.6 Å². The molecule has 2 amide bonds. The van der Waals surface area contributed by atoms with Crippen molar-refractivity contribution in [1.82, 2.24) is 5.32 Å². The third-order valence-electron chi connectivity index (χ3n) is 2.64. The van der Waals surface area contributed by atoms with E-state index in [4.69, 9.17) is 23.2 Å². The van der Waals surface area contributed by atoms with E-state index in [-0.39, 0.29) is 30.4 Å². The minimum atomic E-state index is -0.278. The van der Waals surface area contributed by atoms with Crippen molar-refractivity contribution in [2.45, 2.75) is 26.3 Å². The number of hydrogen-bond donors (Lipinski definition) is 3. The Labute approximate surface area is 141 Å². The molecule has 0 aromatic heterocycles. The van der Waals surface area contributed by atoms with Gasteiger partial charge in [-0.3, -0.25) is 9.59 Å². The Morgan fingerprint density at radius 3 is 2.23 bits per heavy atom. The summed E-state index contributed by atoms with van der Waals surface area (Å²) in [5, 5.41) is 6.40. The molecule has 0 bridgehead atoms. The van der Waals surface area contributed by atoms with E-state index < -0.39 is 0 Å². The summed E-state index contributed by atoms with van der Waals surface area (Å²) in [5.74, 6) is -0.285. The van der Waals surface area contributed by atoms with Crippen LogP contribution in [0.1, 0.15) is 20.8 Å². The minimum Gasteiger partial charge on any atom is -0.347 e. The Hall–Kier alpha value is -1.30. The third kappa shape index (κ3) is 7.11.